The van der Waals surface area contributed by atoms with Crippen molar-refractivity contribution < 1.29 is 19.8 Å². The quantitative estimate of drug-likeness (QED) is 0.462. The Bertz CT molecular complexity index is 1080. The molecule has 0 aromatic heterocycles. The molecule has 0 aliphatic carbocycles. The summed E-state index contributed by atoms with van der Waals surface area (Å²) in [6, 6.07) is 18.0. The van der Waals surface area contributed by atoms with Gasteiger partial charge < -0.3 is 10.2 Å². The molecule has 3 aromatic carbocycles. The van der Waals surface area contributed by atoms with Crippen LogP contribution in [0.3, 0.4) is 0 Å². The third-order valence-corrected chi connectivity index (χ3v) is 5.35. The number of hydrogen-bond donors (Lipinski definition) is 2. The standard InChI is InChI=1S/C26H26O4/c1-3-5-10-17-15-18(4-2)24(20-12-7-9-14-22(20)26(29)30)23(16-17)19-11-6-8-13-21(19)25(27)28/h6-9,11-16H,3-5,10H2,1-2H3,(H,27,28)(H,29,30). The molecule has 0 aliphatic rings. The molecule has 2 N–H and O–H groups in total. The van der Waals surface area contributed by atoms with E-state index in [0.29, 0.717) is 17.5 Å². The van der Waals surface area contributed by atoms with Gasteiger partial charge in [-0.1, -0.05) is 68.8 Å². The first kappa shape index (κ1) is 21.3. The van der Waals surface area contributed by atoms with Crippen LogP contribution in [0.15, 0.2) is 60.7 Å². The minimum absolute atomic E-state index is 0.209. The van der Waals surface area contributed by atoms with Crippen LogP contribution in [0.4, 0.5) is 0 Å². The van der Waals surface area contributed by atoms with Crippen molar-refractivity contribution in [1.29, 1.82) is 0 Å². The molecule has 0 heterocycles. The fourth-order valence-corrected chi connectivity index (χ4v) is 3.89. The summed E-state index contributed by atoms with van der Waals surface area (Å²) in [7, 11) is 0. The lowest BCUT2D eigenvalue weighted by molar-refractivity contribution is 0.0686. The molecule has 3 rings (SSSR count). The third-order valence-electron chi connectivity index (χ3n) is 5.35. The highest BCUT2D eigenvalue weighted by molar-refractivity contribution is 6.03. The van der Waals surface area contributed by atoms with Crippen LogP contribution in [0.25, 0.3) is 22.3 Å². The summed E-state index contributed by atoms with van der Waals surface area (Å²) < 4.78 is 0. The van der Waals surface area contributed by atoms with Gasteiger partial charge in [0.15, 0.2) is 0 Å². The minimum atomic E-state index is -1.000. The topological polar surface area (TPSA) is 74.6 Å². The predicted octanol–water partition coefficient (Wildman–Crippen LogP) is 6.32. The molecule has 0 atom stereocenters. The zero-order valence-electron chi connectivity index (χ0n) is 17.3. The fraction of sp³-hybridized carbons (Fsp3) is 0.231. The highest BCUT2D eigenvalue weighted by atomic mass is 16.4. The molecule has 0 saturated heterocycles. The highest BCUT2D eigenvalue weighted by Gasteiger charge is 2.21. The summed E-state index contributed by atoms with van der Waals surface area (Å²) in [6.07, 6.45) is 3.71. The van der Waals surface area contributed by atoms with Crippen LogP contribution in [0.1, 0.15) is 58.5 Å². The SMILES string of the molecule is CCCCc1cc(CC)c(-c2ccccc2C(=O)O)c(-c2ccccc2C(=O)O)c1. The molecule has 0 fully saturated rings. The summed E-state index contributed by atoms with van der Waals surface area (Å²) in [5.74, 6) is -2.00. The van der Waals surface area contributed by atoms with E-state index in [4.69, 9.17) is 0 Å². The Hall–Kier alpha value is -3.40. The van der Waals surface area contributed by atoms with E-state index in [1.807, 2.05) is 25.1 Å². The van der Waals surface area contributed by atoms with Crippen molar-refractivity contribution in [2.24, 2.45) is 0 Å². The Balaban J connectivity index is 2.40. The lowest BCUT2D eigenvalue weighted by Crippen LogP contribution is -2.05. The van der Waals surface area contributed by atoms with E-state index >= 15 is 0 Å². The average molecular weight is 402 g/mol. The van der Waals surface area contributed by atoms with Gasteiger partial charge in [-0.3, -0.25) is 0 Å². The number of hydrogen-bond acceptors (Lipinski definition) is 2. The van der Waals surface area contributed by atoms with Crippen LogP contribution >= 0.6 is 0 Å². The van der Waals surface area contributed by atoms with Gasteiger partial charge in [-0.05, 0) is 64.8 Å². The van der Waals surface area contributed by atoms with Crippen LogP contribution in [0.5, 0.6) is 0 Å². The molecule has 30 heavy (non-hydrogen) atoms. The second-order valence-corrected chi connectivity index (χ2v) is 7.34. The number of aromatic carboxylic acids is 2. The first-order valence-corrected chi connectivity index (χ1v) is 10.3. The van der Waals surface area contributed by atoms with Crippen molar-refractivity contribution in [3.63, 3.8) is 0 Å². The number of carboxylic acid groups (broad SMARTS) is 2. The molecule has 0 bridgehead atoms. The summed E-state index contributed by atoms with van der Waals surface area (Å²) in [4.78, 5) is 23.9. The van der Waals surface area contributed by atoms with Gasteiger partial charge >= 0.3 is 11.9 Å². The van der Waals surface area contributed by atoms with Crippen molar-refractivity contribution in [3.05, 3.63) is 82.9 Å². The molecular weight excluding hydrogens is 376 g/mol. The Labute approximate surface area is 176 Å². The predicted molar refractivity (Wildman–Crippen MR) is 119 cm³/mol. The van der Waals surface area contributed by atoms with Gasteiger partial charge in [0, 0.05) is 0 Å². The molecular formula is C26H26O4. The number of benzene rings is 3. The first-order valence-electron chi connectivity index (χ1n) is 10.3. The summed E-state index contributed by atoms with van der Waals surface area (Å²) in [5.41, 5.74) is 5.36. The van der Waals surface area contributed by atoms with Crippen molar-refractivity contribution in [1.82, 2.24) is 0 Å². The highest BCUT2D eigenvalue weighted by Crippen LogP contribution is 2.40. The summed E-state index contributed by atoms with van der Waals surface area (Å²) in [5, 5.41) is 19.5. The van der Waals surface area contributed by atoms with Gasteiger partial charge in [0.2, 0.25) is 0 Å². The van der Waals surface area contributed by atoms with Crippen LogP contribution < -0.4 is 0 Å². The maximum absolute atomic E-state index is 11.9. The van der Waals surface area contributed by atoms with Crippen molar-refractivity contribution in [2.45, 2.75) is 39.5 Å². The zero-order valence-corrected chi connectivity index (χ0v) is 17.3. The Morgan fingerprint density at radius 2 is 1.33 bits per heavy atom. The van der Waals surface area contributed by atoms with Gasteiger partial charge in [-0.2, -0.15) is 0 Å². The minimum Gasteiger partial charge on any atom is -0.478 e. The molecule has 4 nitrogen and oxygen atoms in total. The molecule has 0 unspecified atom stereocenters. The van der Waals surface area contributed by atoms with Crippen molar-refractivity contribution in [3.8, 4) is 22.3 Å². The van der Waals surface area contributed by atoms with Gasteiger partial charge in [0.1, 0.15) is 0 Å². The van der Waals surface area contributed by atoms with Crippen molar-refractivity contribution >= 4 is 11.9 Å². The number of unbranched alkanes of at least 4 members (excludes halogenated alkanes) is 1. The lowest BCUT2D eigenvalue weighted by Gasteiger charge is -2.20. The van der Waals surface area contributed by atoms with Gasteiger partial charge in [-0.25, -0.2) is 9.59 Å². The van der Waals surface area contributed by atoms with Crippen LogP contribution in [-0.2, 0) is 12.8 Å². The molecule has 0 radical (unpaired) electrons. The second kappa shape index (κ2) is 9.40. The first-order chi connectivity index (χ1) is 14.5. The van der Waals surface area contributed by atoms with Gasteiger partial charge in [0.05, 0.1) is 11.1 Å². The van der Waals surface area contributed by atoms with E-state index in [1.165, 1.54) is 0 Å². The monoisotopic (exact) mass is 402 g/mol. The number of carbonyl (C=O) groups is 2. The Morgan fingerprint density at radius 1 is 0.767 bits per heavy atom. The third kappa shape index (κ3) is 4.28. The number of rotatable bonds is 8. The van der Waals surface area contributed by atoms with Crippen LogP contribution in [-0.4, -0.2) is 22.2 Å². The Morgan fingerprint density at radius 3 is 1.90 bits per heavy atom. The summed E-state index contributed by atoms with van der Waals surface area (Å²) in [6.45, 7) is 4.18. The van der Waals surface area contributed by atoms with E-state index in [-0.39, 0.29) is 11.1 Å². The van der Waals surface area contributed by atoms with E-state index in [0.717, 1.165) is 41.5 Å². The molecule has 0 spiro atoms. The van der Waals surface area contributed by atoms with E-state index in [9.17, 15) is 19.8 Å². The fourth-order valence-electron chi connectivity index (χ4n) is 3.89. The normalized spacial score (nSPS) is 10.7. The Kier molecular flexibility index (Phi) is 6.68. The molecule has 3 aromatic rings. The second-order valence-electron chi connectivity index (χ2n) is 7.34. The largest absolute Gasteiger partial charge is 0.478 e. The lowest BCUT2D eigenvalue weighted by atomic mass is 9.84. The smallest absolute Gasteiger partial charge is 0.336 e. The van der Waals surface area contributed by atoms with Crippen LogP contribution in [0, 0.1) is 0 Å². The maximum atomic E-state index is 11.9. The van der Waals surface area contributed by atoms with Crippen LogP contribution in [0.2, 0.25) is 0 Å². The molecule has 0 amide bonds. The van der Waals surface area contributed by atoms with Gasteiger partial charge in [-0.15, -0.1) is 0 Å². The van der Waals surface area contributed by atoms with E-state index < -0.39 is 11.9 Å². The molecule has 154 valence electrons. The number of carboxylic acids is 2. The molecule has 0 aliphatic heterocycles. The van der Waals surface area contributed by atoms with E-state index in [1.54, 1.807) is 36.4 Å². The zero-order chi connectivity index (χ0) is 21.7. The van der Waals surface area contributed by atoms with Gasteiger partial charge in [0.25, 0.3) is 0 Å². The maximum Gasteiger partial charge on any atom is 0.336 e. The van der Waals surface area contributed by atoms with Crippen molar-refractivity contribution in [2.75, 3.05) is 0 Å². The number of aryl methyl sites for hydroxylation is 2. The summed E-state index contributed by atoms with van der Waals surface area (Å²) >= 11 is 0. The molecule has 0 saturated carbocycles. The van der Waals surface area contributed by atoms with E-state index in [2.05, 4.69) is 13.0 Å². The average Bonchev–Trinajstić information content (AvgIpc) is 2.76. The molecule has 4 heteroatoms.